The van der Waals surface area contributed by atoms with Crippen molar-refractivity contribution in [1.29, 1.82) is 0 Å². The molecule has 0 aliphatic carbocycles. The van der Waals surface area contributed by atoms with Crippen LogP contribution in [0.2, 0.25) is 5.28 Å². The summed E-state index contributed by atoms with van der Waals surface area (Å²) in [4.78, 5) is 35.9. The smallest absolute Gasteiger partial charge is 0.326 e. The molecule has 1 fully saturated rings. The number of carboxylic acids is 1. The maximum atomic E-state index is 12.7. The molecule has 9 heteroatoms. The summed E-state index contributed by atoms with van der Waals surface area (Å²) < 4.78 is 0. The molecule has 1 aliphatic heterocycles. The number of carbonyl (C=O) groups excluding carboxylic acids is 1. The standard InChI is InChI=1S/C20H19ClN4O3S/c1-11-9-14-16(23-20(21)24-17(14)29-11)22-10-12-4-6-13(7-5-12)18(26)25-8-2-3-15(25)19(27)28/h4-7,9,15H,2-3,8,10H2,1H3,(H,27,28)(H,22,23,24). The number of thiophene rings is 1. The molecule has 1 unspecified atom stereocenters. The van der Waals surface area contributed by atoms with Gasteiger partial charge in [0.25, 0.3) is 5.91 Å². The minimum Gasteiger partial charge on any atom is -0.480 e. The molecule has 0 spiro atoms. The number of halogens is 1. The van der Waals surface area contributed by atoms with Gasteiger partial charge in [-0.2, -0.15) is 0 Å². The van der Waals surface area contributed by atoms with Gasteiger partial charge in [-0.3, -0.25) is 4.79 Å². The number of fused-ring (bicyclic) bond motifs is 1. The lowest BCUT2D eigenvalue weighted by atomic mass is 10.1. The summed E-state index contributed by atoms with van der Waals surface area (Å²) in [5.74, 6) is -0.520. The third kappa shape index (κ3) is 4.04. The highest BCUT2D eigenvalue weighted by Crippen LogP contribution is 2.29. The summed E-state index contributed by atoms with van der Waals surface area (Å²) in [5.41, 5.74) is 1.45. The quantitative estimate of drug-likeness (QED) is 0.595. The van der Waals surface area contributed by atoms with Crippen molar-refractivity contribution in [2.75, 3.05) is 11.9 Å². The van der Waals surface area contributed by atoms with Crippen LogP contribution in [-0.2, 0) is 11.3 Å². The van der Waals surface area contributed by atoms with Gasteiger partial charge in [0.05, 0.1) is 5.39 Å². The summed E-state index contributed by atoms with van der Waals surface area (Å²) in [7, 11) is 0. The molecule has 0 saturated carbocycles. The van der Waals surface area contributed by atoms with E-state index >= 15 is 0 Å². The molecule has 1 amide bonds. The fourth-order valence-corrected chi connectivity index (χ4v) is 4.63. The van der Waals surface area contributed by atoms with Crippen LogP contribution in [0.15, 0.2) is 30.3 Å². The van der Waals surface area contributed by atoms with Gasteiger partial charge in [0, 0.05) is 23.5 Å². The number of rotatable bonds is 5. The molecular formula is C20H19ClN4O3S. The second-order valence-corrected chi connectivity index (χ2v) is 8.54. The van der Waals surface area contributed by atoms with Crippen LogP contribution in [0.25, 0.3) is 10.2 Å². The third-order valence-corrected chi connectivity index (χ3v) is 6.06. The molecule has 3 aromatic rings. The monoisotopic (exact) mass is 430 g/mol. The number of likely N-dealkylation sites (tertiary alicyclic amines) is 1. The van der Waals surface area contributed by atoms with Crippen molar-refractivity contribution < 1.29 is 14.7 Å². The Morgan fingerprint density at radius 1 is 1.31 bits per heavy atom. The van der Waals surface area contributed by atoms with Crippen LogP contribution in [-0.4, -0.2) is 44.4 Å². The molecule has 150 valence electrons. The number of aromatic nitrogens is 2. The summed E-state index contributed by atoms with van der Waals surface area (Å²) in [5, 5.41) is 13.7. The van der Waals surface area contributed by atoms with Crippen LogP contribution in [0.4, 0.5) is 5.82 Å². The number of anilines is 1. The van der Waals surface area contributed by atoms with E-state index in [1.54, 1.807) is 23.5 Å². The Bertz CT molecular complexity index is 1080. The molecule has 1 atom stereocenters. The van der Waals surface area contributed by atoms with Crippen molar-refractivity contribution in [2.24, 2.45) is 0 Å². The first kappa shape index (κ1) is 19.6. The maximum absolute atomic E-state index is 12.7. The van der Waals surface area contributed by atoms with Gasteiger partial charge >= 0.3 is 5.97 Å². The number of carbonyl (C=O) groups is 2. The Morgan fingerprint density at radius 3 is 2.79 bits per heavy atom. The molecule has 0 bridgehead atoms. The third-order valence-electron chi connectivity index (χ3n) is 4.95. The van der Waals surface area contributed by atoms with Gasteiger partial charge in [-0.25, -0.2) is 14.8 Å². The lowest BCUT2D eigenvalue weighted by molar-refractivity contribution is -0.141. The Morgan fingerprint density at radius 2 is 2.07 bits per heavy atom. The van der Waals surface area contributed by atoms with Crippen LogP contribution in [0.3, 0.4) is 0 Å². The Balaban J connectivity index is 1.47. The highest BCUT2D eigenvalue weighted by Gasteiger charge is 2.34. The van der Waals surface area contributed by atoms with E-state index < -0.39 is 12.0 Å². The number of amides is 1. The second-order valence-electron chi connectivity index (χ2n) is 6.96. The van der Waals surface area contributed by atoms with Crippen molar-refractivity contribution in [3.8, 4) is 0 Å². The number of nitrogens with zero attached hydrogens (tertiary/aromatic N) is 3. The highest BCUT2D eigenvalue weighted by molar-refractivity contribution is 7.18. The van der Waals surface area contributed by atoms with Gasteiger partial charge in [0.2, 0.25) is 5.28 Å². The SMILES string of the molecule is Cc1cc2c(NCc3ccc(C(=O)N4CCCC4C(=O)O)cc3)nc(Cl)nc2s1. The number of aliphatic carboxylic acids is 1. The van der Waals surface area contributed by atoms with E-state index in [1.165, 1.54) is 4.90 Å². The van der Waals surface area contributed by atoms with Crippen molar-refractivity contribution in [3.63, 3.8) is 0 Å². The number of nitrogens with one attached hydrogen (secondary N) is 1. The van der Waals surface area contributed by atoms with E-state index in [2.05, 4.69) is 15.3 Å². The van der Waals surface area contributed by atoms with E-state index in [0.717, 1.165) is 20.7 Å². The molecule has 0 radical (unpaired) electrons. The van der Waals surface area contributed by atoms with Gasteiger partial charge in [-0.15, -0.1) is 11.3 Å². The predicted molar refractivity (Wildman–Crippen MR) is 113 cm³/mol. The van der Waals surface area contributed by atoms with Crippen molar-refractivity contribution in [2.45, 2.75) is 32.4 Å². The molecule has 29 heavy (non-hydrogen) atoms. The van der Waals surface area contributed by atoms with Gasteiger partial charge in [-0.05, 0) is 55.1 Å². The lowest BCUT2D eigenvalue weighted by Gasteiger charge is -2.21. The highest BCUT2D eigenvalue weighted by atomic mass is 35.5. The number of carboxylic acid groups (broad SMARTS) is 1. The molecule has 7 nitrogen and oxygen atoms in total. The number of benzene rings is 1. The van der Waals surface area contributed by atoms with Gasteiger partial charge in [0.1, 0.15) is 16.7 Å². The van der Waals surface area contributed by atoms with Crippen molar-refractivity contribution >= 4 is 50.8 Å². The fraction of sp³-hybridized carbons (Fsp3) is 0.300. The summed E-state index contributed by atoms with van der Waals surface area (Å²) in [6.45, 7) is 2.99. The molecule has 2 N–H and O–H groups in total. The van der Waals surface area contributed by atoms with Crippen LogP contribution in [0, 0.1) is 6.92 Å². The number of hydrogen-bond acceptors (Lipinski definition) is 6. The molecule has 1 aromatic carbocycles. The molecule has 3 heterocycles. The zero-order chi connectivity index (χ0) is 20.5. The zero-order valence-electron chi connectivity index (χ0n) is 15.7. The van der Waals surface area contributed by atoms with Crippen LogP contribution < -0.4 is 5.32 Å². The van der Waals surface area contributed by atoms with Crippen LogP contribution in [0.1, 0.15) is 33.6 Å². The van der Waals surface area contributed by atoms with Crippen LogP contribution in [0.5, 0.6) is 0 Å². The first-order valence-corrected chi connectivity index (χ1v) is 10.4. The normalized spacial score (nSPS) is 16.3. The minimum atomic E-state index is -0.949. The second kappa shape index (κ2) is 7.96. The Kier molecular flexibility index (Phi) is 5.38. The molecule has 2 aromatic heterocycles. The van der Waals surface area contributed by atoms with Gasteiger partial charge < -0.3 is 15.3 Å². The Hall–Kier alpha value is -2.71. The fourth-order valence-electron chi connectivity index (χ4n) is 3.53. The van der Waals surface area contributed by atoms with E-state index in [0.29, 0.717) is 37.3 Å². The van der Waals surface area contributed by atoms with E-state index in [9.17, 15) is 14.7 Å². The molecule has 1 aliphatic rings. The molecule has 1 saturated heterocycles. The first-order valence-electron chi connectivity index (χ1n) is 9.22. The van der Waals surface area contributed by atoms with Crippen LogP contribution >= 0.6 is 22.9 Å². The summed E-state index contributed by atoms with van der Waals surface area (Å²) >= 11 is 7.59. The molecular weight excluding hydrogens is 412 g/mol. The summed E-state index contributed by atoms with van der Waals surface area (Å²) in [6, 6.07) is 8.45. The van der Waals surface area contributed by atoms with Crippen molar-refractivity contribution in [3.05, 3.63) is 51.6 Å². The minimum absolute atomic E-state index is 0.196. The van der Waals surface area contributed by atoms with Crippen molar-refractivity contribution in [1.82, 2.24) is 14.9 Å². The topological polar surface area (TPSA) is 95.4 Å². The number of aryl methyl sites for hydroxylation is 1. The zero-order valence-corrected chi connectivity index (χ0v) is 17.3. The van der Waals surface area contributed by atoms with Gasteiger partial charge in [0.15, 0.2) is 0 Å². The maximum Gasteiger partial charge on any atom is 0.326 e. The first-order chi connectivity index (χ1) is 13.9. The summed E-state index contributed by atoms with van der Waals surface area (Å²) in [6.07, 6.45) is 1.21. The average Bonchev–Trinajstić information content (AvgIpc) is 3.32. The van der Waals surface area contributed by atoms with Gasteiger partial charge in [-0.1, -0.05) is 12.1 Å². The van der Waals surface area contributed by atoms with E-state index in [4.69, 9.17) is 11.6 Å². The number of hydrogen-bond donors (Lipinski definition) is 2. The van der Waals surface area contributed by atoms with E-state index in [1.807, 2.05) is 25.1 Å². The Labute approximate surface area is 176 Å². The van der Waals surface area contributed by atoms with E-state index in [-0.39, 0.29) is 11.2 Å². The lowest BCUT2D eigenvalue weighted by Crippen LogP contribution is -2.40. The largest absolute Gasteiger partial charge is 0.480 e. The predicted octanol–water partition coefficient (Wildman–Crippen LogP) is 3.95. The molecule has 4 rings (SSSR count). The average molecular weight is 431 g/mol.